The van der Waals surface area contributed by atoms with Crippen LogP contribution in [0.3, 0.4) is 0 Å². The molecule has 0 fully saturated rings. The second-order valence-corrected chi connectivity index (χ2v) is 6.11. The second kappa shape index (κ2) is 7.09. The Bertz CT molecular complexity index is 1090. The summed E-state index contributed by atoms with van der Waals surface area (Å²) in [5.41, 5.74) is 7.41. The number of hydrogen-bond acceptors (Lipinski definition) is 1. The molecule has 4 aromatic rings. The van der Waals surface area contributed by atoms with Crippen LogP contribution in [0, 0.1) is 11.3 Å². The zero-order valence-corrected chi connectivity index (χ0v) is 14.3. The molecule has 4 aromatic carbocycles. The van der Waals surface area contributed by atoms with E-state index in [2.05, 4.69) is 72.8 Å². The zero-order chi connectivity index (χ0) is 17.8. The standard InChI is InChI=1S/C25H17N/c26-18-20-12-4-5-14-22(20)24-16-8-9-17-25(24)23-15-7-6-13-21(23)19-10-2-1-3-11-19/h1-17H. The number of nitriles is 1. The van der Waals surface area contributed by atoms with Crippen molar-refractivity contribution in [2.24, 2.45) is 0 Å². The summed E-state index contributed by atoms with van der Waals surface area (Å²) in [6.07, 6.45) is 0. The van der Waals surface area contributed by atoms with Gasteiger partial charge >= 0.3 is 0 Å². The molecule has 0 bridgehead atoms. The third kappa shape index (κ3) is 2.90. The van der Waals surface area contributed by atoms with E-state index in [0.29, 0.717) is 5.56 Å². The maximum absolute atomic E-state index is 9.52. The van der Waals surface area contributed by atoms with Gasteiger partial charge in [0.1, 0.15) is 0 Å². The Morgan fingerprint density at radius 1 is 0.423 bits per heavy atom. The predicted octanol–water partition coefficient (Wildman–Crippen LogP) is 6.56. The van der Waals surface area contributed by atoms with Gasteiger partial charge in [-0.3, -0.25) is 0 Å². The van der Waals surface area contributed by atoms with Crippen molar-refractivity contribution in [3.63, 3.8) is 0 Å². The van der Waals surface area contributed by atoms with Crippen LogP contribution in [0.2, 0.25) is 0 Å². The molecule has 4 rings (SSSR count). The minimum absolute atomic E-state index is 0.692. The highest BCUT2D eigenvalue weighted by Gasteiger charge is 2.13. The van der Waals surface area contributed by atoms with E-state index in [4.69, 9.17) is 0 Å². The van der Waals surface area contributed by atoms with E-state index in [1.807, 2.05) is 36.4 Å². The molecule has 1 nitrogen and oxygen atoms in total. The first-order valence-corrected chi connectivity index (χ1v) is 8.62. The molecule has 0 unspecified atom stereocenters. The van der Waals surface area contributed by atoms with Crippen LogP contribution in [0.25, 0.3) is 33.4 Å². The summed E-state index contributed by atoms with van der Waals surface area (Å²) in [4.78, 5) is 0. The molecule has 0 N–H and O–H groups in total. The number of rotatable bonds is 3. The largest absolute Gasteiger partial charge is 0.192 e. The van der Waals surface area contributed by atoms with Crippen LogP contribution in [-0.4, -0.2) is 0 Å². The van der Waals surface area contributed by atoms with Gasteiger partial charge in [0.2, 0.25) is 0 Å². The number of benzene rings is 4. The Balaban J connectivity index is 1.97. The molecule has 0 radical (unpaired) electrons. The Morgan fingerprint density at radius 2 is 0.846 bits per heavy atom. The normalized spacial score (nSPS) is 10.3. The molecule has 0 heterocycles. The van der Waals surface area contributed by atoms with Gasteiger partial charge in [0, 0.05) is 5.56 Å². The Hall–Kier alpha value is -3.63. The van der Waals surface area contributed by atoms with Crippen LogP contribution in [0.15, 0.2) is 103 Å². The van der Waals surface area contributed by atoms with Crippen LogP contribution in [0.4, 0.5) is 0 Å². The van der Waals surface area contributed by atoms with Crippen molar-refractivity contribution in [3.8, 4) is 39.4 Å². The first-order chi connectivity index (χ1) is 12.9. The Kier molecular flexibility index (Phi) is 4.33. The monoisotopic (exact) mass is 331 g/mol. The van der Waals surface area contributed by atoms with Gasteiger partial charge in [0.05, 0.1) is 11.6 Å². The lowest BCUT2D eigenvalue weighted by Gasteiger charge is -2.15. The van der Waals surface area contributed by atoms with Crippen LogP contribution in [0.5, 0.6) is 0 Å². The fourth-order valence-corrected chi connectivity index (χ4v) is 3.36. The molecule has 0 saturated heterocycles. The average molecular weight is 331 g/mol. The van der Waals surface area contributed by atoms with E-state index in [1.54, 1.807) is 0 Å². The molecule has 0 aliphatic rings. The first kappa shape index (κ1) is 15.9. The average Bonchev–Trinajstić information content (AvgIpc) is 2.74. The maximum atomic E-state index is 9.52. The van der Waals surface area contributed by atoms with E-state index in [9.17, 15) is 5.26 Å². The molecule has 0 spiro atoms. The van der Waals surface area contributed by atoms with E-state index in [-0.39, 0.29) is 0 Å². The molecular weight excluding hydrogens is 314 g/mol. The summed E-state index contributed by atoms with van der Waals surface area (Å²) in [6.45, 7) is 0. The summed E-state index contributed by atoms with van der Waals surface area (Å²) >= 11 is 0. The Morgan fingerprint density at radius 3 is 1.46 bits per heavy atom. The highest BCUT2D eigenvalue weighted by molar-refractivity contribution is 5.92. The van der Waals surface area contributed by atoms with Crippen molar-refractivity contribution < 1.29 is 0 Å². The van der Waals surface area contributed by atoms with Crippen LogP contribution >= 0.6 is 0 Å². The second-order valence-electron chi connectivity index (χ2n) is 6.11. The molecule has 122 valence electrons. The van der Waals surface area contributed by atoms with Gasteiger partial charge in [-0.05, 0) is 33.9 Å². The summed E-state index contributed by atoms with van der Waals surface area (Å²) in [5, 5.41) is 9.52. The molecule has 0 amide bonds. The molecule has 0 aromatic heterocycles. The molecule has 0 aliphatic carbocycles. The lowest BCUT2D eigenvalue weighted by Crippen LogP contribution is -1.90. The maximum Gasteiger partial charge on any atom is 0.0998 e. The highest BCUT2D eigenvalue weighted by atomic mass is 14.3. The van der Waals surface area contributed by atoms with Crippen molar-refractivity contribution in [2.75, 3.05) is 0 Å². The van der Waals surface area contributed by atoms with Crippen molar-refractivity contribution in [3.05, 3.63) is 109 Å². The van der Waals surface area contributed by atoms with Gasteiger partial charge in [0.15, 0.2) is 0 Å². The molecule has 0 saturated carbocycles. The van der Waals surface area contributed by atoms with E-state index < -0.39 is 0 Å². The predicted molar refractivity (Wildman–Crippen MR) is 107 cm³/mol. The topological polar surface area (TPSA) is 23.8 Å². The third-order valence-electron chi connectivity index (χ3n) is 4.57. The van der Waals surface area contributed by atoms with Gasteiger partial charge in [-0.25, -0.2) is 0 Å². The minimum atomic E-state index is 0.692. The van der Waals surface area contributed by atoms with Gasteiger partial charge in [-0.1, -0.05) is 97.1 Å². The summed E-state index contributed by atoms with van der Waals surface area (Å²) < 4.78 is 0. The lowest BCUT2D eigenvalue weighted by atomic mass is 9.88. The zero-order valence-electron chi connectivity index (χ0n) is 14.3. The molecular formula is C25H17N. The van der Waals surface area contributed by atoms with E-state index in [0.717, 1.165) is 16.7 Å². The van der Waals surface area contributed by atoms with Crippen LogP contribution < -0.4 is 0 Å². The van der Waals surface area contributed by atoms with Crippen LogP contribution in [0.1, 0.15) is 5.56 Å². The van der Waals surface area contributed by atoms with Crippen LogP contribution in [-0.2, 0) is 0 Å². The molecule has 1 heteroatoms. The van der Waals surface area contributed by atoms with Crippen molar-refractivity contribution in [1.29, 1.82) is 5.26 Å². The smallest absolute Gasteiger partial charge is 0.0998 e. The number of nitrogens with zero attached hydrogens (tertiary/aromatic N) is 1. The lowest BCUT2D eigenvalue weighted by molar-refractivity contribution is 1.47. The van der Waals surface area contributed by atoms with Crippen molar-refractivity contribution in [2.45, 2.75) is 0 Å². The molecule has 26 heavy (non-hydrogen) atoms. The van der Waals surface area contributed by atoms with Gasteiger partial charge in [-0.2, -0.15) is 5.26 Å². The molecule has 0 atom stereocenters. The van der Waals surface area contributed by atoms with Gasteiger partial charge < -0.3 is 0 Å². The third-order valence-corrected chi connectivity index (χ3v) is 4.57. The highest BCUT2D eigenvalue weighted by Crippen LogP contribution is 2.38. The fourth-order valence-electron chi connectivity index (χ4n) is 3.36. The van der Waals surface area contributed by atoms with Crippen molar-refractivity contribution >= 4 is 0 Å². The van der Waals surface area contributed by atoms with Gasteiger partial charge in [-0.15, -0.1) is 0 Å². The summed E-state index contributed by atoms with van der Waals surface area (Å²) in [5.74, 6) is 0. The van der Waals surface area contributed by atoms with Crippen molar-refractivity contribution in [1.82, 2.24) is 0 Å². The van der Waals surface area contributed by atoms with E-state index in [1.165, 1.54) is 16.7 Å². The minimum Gasteiger partial charge on any atom is -0.192 e. The van der Waals surface area contributed by atoms with Gasteiger partial charge in [0.25, 0.3) is 0 Å². The molecule has 0 aliphatic heterocycles. The summed E-state index contributed by atoms with van der Waals surface area (Å²) in [6, 6.07) is 37.2. The quantitative estimate of drug-likeness (QED) is 0.417. The Labute approximate surface area is 153 Å². The number of hydrogen-bond donors (Lipinski definition) is 0. The van der Waals surface area contributed by atoms with E-state index >= 15 is 0 Å². The summed E-state index contributed by atoms with van der Waals surface area (Å²) in [7, 11) is 0. The SMILES string of the molecule is N#Cc1ccccc1-c1ccccc1-c1ccccc1-c1ccccc1. The fraction of sp³-hybridized carbons (Fsp3) is 0. The first-order valence-electron chi connectivity index (χ1n) is 8.62.